The van der Waals surface area contributed by atoms with Crippen molar-refractivity contribution in [1.82, 2.24) is 0 Å². The smallest absolute Gasteiger partial charge is 0.338 e. The molecule has 2 N–H and O–H groups in total. The van der Waals surface area contributed by atoms with E-state index in [1.165, 1.54) is 24.3 Å². The van der Waals surface area contributed by atoms with E-state index >= 15 is 0 Å². The minimum Gasteiger partial charge on any atom is -0.478 e. The molecule has 0 saturated heterocycles. The van der Waals surface area contributed by atoms with Crippen LogP contribution in [-0.4, -0.2) is 88.7 Å². The van der Waals surface area contributed by atoms with Gasteiger partial charge in [0.1, 0.15) is 16.8 Å². The number of ketones is 3. The van der Waals surface area contributed by atoms with Gasteiger partial charge in [0.05, 0.1) is 36.5 Å². The summed E-state index contributed by atoms with van der Waals surface area (Å²) in [7, 11) is 0. The Kier molecular flexibility index (Phi) is 23.4. The zero-order valence-corrected chi connectivity index (χ0v) is 40.1. The standard InChI is InChI=1S/C51H78O12/c1-11-15-23-35(13-3)33-62-49(5,6)41(52)25-19-17-21-31-60-48(59)40-30-29-38(46(55)56)43-37(27-28-39(44(40)43)47(57)58)45(54)51(9,10)61-32-22-18-20-26-42(53)50(7,8)63-34-36(14-4)24-16-12-2/h27-30,35-36H,11-26,31-34H2,1-10H3,(H,55,56)(H,57,58). The molecule has 354 valence electrons. The summed E-state index contributed by atoms with van der Waals surface area (Å²) >= 11 is 0. The van der Waals surface area contributed by atoms with Crippen molar-refractivity contribution >= 4 is 46.0 Å². The molecule has 0 spiro atoms. The van der Waals surface area contributed by atoms with E-state index in [0.717, 1.165) is 51.4 Å². The van der Waals surface area contributed by atoms with E-state index in [2.05, 4.69) is 27.7 Å². The lowest BCUT2D eigenvalue weighted by Gasteiger charge is -2.27. The fraction of sp³-hybridized carbons (Fsp3) is 0.686. The second-order valence-electron chi connectivity index (χ2n) is 18.4. The summed E-state index contributed by atoms with van der Waals surface area (Å²) in [6, 6.07) is 4.81. The van der Waals surface area contributed by atoms with Crippen molar-refractivity contribution in [3.05, 3.63) is 46.5 Å². The predicted molar refractivity (Wildman–Crippen MR) is 246 cm³/mol. The molecule has 0 aliphatic carbocycles. The van der Waals surface area contributed by atoms with Gasteiger partial charge in [-0.3, -0.25) is 14.4 Å². The van der Waals surface area contributed by atoms with Crippen molar-refractivity contribution in [2.24, 2.45) is 11.8 Å². The van der Waals surface area contributed by atoms with Crippen LogP contribution in [-0.2, 0) is 28.5 Å². The number of unbranched alkanes of at least 4 members (excludes halogenated alkanes) is 6. The Balaban J connectivity index is 2.09. The van der Waals surface area contributed by atoms with Gasteiger partial charge in [0.25, 0.3) is 0 Å². The van der Waals surface area contributed by atoms with Gasteiger partial charge in [0, 0.05) is 35.8 Å². The maximum Gasteiger partial charge on any atom is 0.338 e. The van der Waals surface area contributed by atoms with Crippen LogP contribution in [0.5, 0.6) is 0 Å². The molecule has 0 aliphatic heterocycles. The van der Waals surface area contributed by atoms with Crippen molar-refractivity contribution in [3.63, 3.8) is 0 Å². The molecule has 0 saturated carbocycles. The topological polar surface area (TPSA) is 180 Å². The van der Waals surface area contributed by atoms with Crippen LogP contribution in [0.1, 0.15) is 213 Å². The monoisotopic (exact) mass is 883 g/mol. The first-order chi connectivity index (χ1) is 29.7. The van der Waals surface area contributed by atoms with E-state index in [4.69, 9.17) is 18.9 Å². The number of carboxylic acid groups (broad SMARTS) is 2. The van der Waals surface area contributed by atoms with Crippen LogP contribution in [0.15, 0.2) is 24.3 Å². The summed E-state index contributed by atoms with van der Waals surface area (Å²) in [5.74, 6) is -3.42. The molecule has 2 unspecified atom stereocenters. The van der Waals surface area contributed by atoms with Crippen LogP contribution >= 0.6 is 0 Å². The number of rotatable bonds is 34. The number of fused-ring (bicyclic) bond motifs is 1. The Morgan fingerprint density at radius 2 is 0.921 bits per heavy atom. The largest absolute Gasteiger partial charge is 0.478 e. The molecule has 63 heavy (non-hydrogen) atoms. The van der Waals surface area contributed by atoms with Crippen molar-refractivity contribution in [2.75, 3.05) is 26.4 Å². The third-order valence-electron chi connectivity index (χ3n) is 12.2. The highest BCUT2D eigenvalue weighted by atomic mass is 16.5. The predicted octanol–water partition coefficient (Wildman–Crippen LogP) is 11.7. The van der Waals surface area contributed by atoms with E-state index in [9.17, 15) is 39.0 Å². The average Bonchev–Trinajstić information content (AvgIpc) is 3.24. The van der Waals surface area contributed by atoms with Gasteiger partial charge in [-0.05, 0) is 123 Å². The van der Waals surface area contributed by atoms with Gasteiger partial charge in [-0.25, -0.2) is 14.4 Å². The molecular weight excluding hydrogens is 805 g/mol. The van der Waals surface area contributed by atoms with Crippen LogP contribution in [0.25, 0.3) is 10.8 Å². The zero-order chi connectivity index (χ0) is 47.4. The third-order valence-corrected chi connectivity index (χ3v) is 12.2. The van der Waals surface area contributed by atoms with E-state index in [1.807, 2.05) is 13.8 Å². The molecule has 2 rings (SSSR count). The van der Waals surface area contributed by atoms with E-state index in [-0.39, 0.29) is 57.8 Å². The Labute approximate surface area is 376 Å². The van der Waals surface area contributed by atoms with E-state index in [0.29, 0.717) is 76.4 Å². The lowest BCUT2D eigenvalue weighted by Crippen LogP contribution is -2.36. The van der Waals surface area contributed by atoms with Gasteiger partial charge in [-0.1, -0.05) is 72.6 Å². The van der Waals surface area contributed by atoms with Gasteiger partial charge >= 0.3 is 17.9 Å². The minimum absolute atomic E-state index is 0.00201. The number of benzene rings is 2. The summed E-state index contributed by atoms with van der Waals surface area (Å²) < 4.78 is 23.7. The first kappa shape index (κ1) is 55.1. The Morgan fingerprint density at radius 3 is 1.35 bits per heavy atom. The molecular formula is C51H78O12. The normalized spacial score (nSPS) is 13.2. The summed E-state index contributed by atoms with van der Waals surface area (Å²) in [6.45, 7) is 20.2. The molecule has 0 radical (unpaired) electrons. The molecule has 0 aliphatic rings. The van der Waals surface area contributed by atoms with Gasteiger partial charge < -0.3 is 29.2 Å². The fourth-order valence-corrected chi connectivity index (χ4v) is 7.51. The summed E-state index contributed by atoms with van der Waals surface area (Å²) in [5.41, 5.74) is -4.25. The molecule has 2 aromatic rings. The third kappa shape index (κ3) is 17.1. The molecule has 0 bridgehead atoms. The maximum atomic E-state index is 14.2. The van der Waals surface area contributed by atoms with Crippen LogP contribution < -0.4 is 0 Å². The van der Waals surface area contributed by atoms with Gasteiger partial charge in [-0.2, -0.15) is 0 Å². The van der Waals surface area contributed by atoms with E-state index in [1.54, 1.807) is 27.7 Å². The highest BCUT2D eigenvalue weighted by Crippen LogP contribution is 2.34. The van der Waals surface area contributed by atoms with Crippen molar-refractivity contribution < 1.29 is 57.9 Å². The zero-order valence-electron chi connectivity index (χ0n) is 40.1. The Bertz CT molecular complexity index is 1820. The second kappa shape index (κ2) is 26.7. The molecule has 0 aromatic heterocycles. The molecule has 12 heteroatoms. The van der Waals surface area contributed by atoms with Crippen LogP contribution in [0.2, 0.25) is 0 Å². The molecule has 2 atom stereocenters. The number of Topliss-reactive ketones (excluding diaryl/α,β-unsaturated/α-hetero) is 3. The van der Waals surface area contributed by atoms with Crippen LogP contribution in [0, 0.1) is 11.8 Å². The fourth-order valence-electron chi connectivity index (χ4n) is 7.51. The quantitative estimate of drug-likeness (QED) is 0.0386. The summed E-state index contributed by atoms with van der Waals surface area (Å²) in [6.07, 6.45) is 12.7. The Morgan fingerprint density at radius 1 is 0.508 bits per heavy atom. The number of hydrogen-bond acceptors (Lipinski definition) is 10. The van der Waals surface area contributed by atoms with Crippen molar-refractivity contribution in [3.8, 4) is 0 Å². The lowest BCUT2D eigenvalue weighted by molar-refractivity contribution is -0.142. The Hall–Kier alpha value is -4.00. The number of aromatic carboxylic acids is 2. The van der Waals surface area contributed by atoms with E-state index < -0.39 is 40.5 Å². The molecule has 0 fully saturated rings. The summed E-state index contributed by atoms with van der Waals surface area (Å²) in [4.78, 5) is 78.7. The number of carbonyl (C=O) groups is 6. The van der Waals surface area contributed by atoms with Crippen molar-refractivity contribution in [1.29, 1.82) is 0 Å². The number of esters is 1. The first-order valence-corrected chi connectivity index (χ1v) is 23.4. The van der Waals surface area contributed by atoms with Gasteiger partial charge in [0.2, 0.25) is 0 Å². The average molecular weight is 883 g/mol. The summed E-state index contributed by atoms with van der Waals surface area (Å²) in [5, 5.41) is 20.0. The SMILES string of the molecule is CCCCC(CC)COC(C)(C)C(=O)CCCCCOC(=O)c1ccc(C(=O)O)c2c(C(=O)C(C)(C)OCCCCCC(=O)C(C)(C)OCC(CC)CCCC)ccc(C(=O)O)c12. The van der Waals surface area contributed by atoms with Crippen LogP contribution in [0.4, 0.5) is 0 Å². The van der Waals surface area contributed by atoms with Gasteiger partial charge in [0.15, 0.2) is 17.3 Å². The highest BCUT2D eigenvalue weighted by Gasteiger charge is 2.35. The maximum absolute atomic E-state index is 14.2. The number of carbonyl (C=O) groups excluding carboxylic acids is 4. The number of carboxylic acids is 2. The second-order valence-corrected chi connectivity index (χ2v) is 18.4. The molecule has 12 nitrogen and oxygen atoms in total. The minimum atomic E-state index is -1.46. The van der Waals surface area contributed by atoms with Gasteiger partial charge in [-0.15, -0.1) is 0 Å². The lowest BCUT2D eigenvalue weighted by atomic mass is 9.86. The molecule has 0 heterocycles. The highest BCUT2D eigenvalue weighted by molar-refractivity contribution is 6.24. The number of hydrogen-bond donors (Lipinski definition) is 2. The van der Waals surface area contributed by atoms with Crippen molar-refractivity contribution in [2.45, 2.75) is 189 Å². The van der Waals surface area contributed by atoms with Crippen LogP contribution in [0.3, 0.4) is 0 Å². The molecule has 2 aromatic carbocycles. The first-order valence-electron chi connectivity index (χ1n) is 23.4. The number of ether oxygens (including phenoxy) is 4. The molecule has 0 amide bonds.